The SMILES string of the molecule is CC(C)(C)Cn1c(SCC(=O)O)nc2ccc(F)cc21. The maximum Gasteiger partial charge on any atom is 0.313 e. The molecule has 6 heteroatoms. The predicted molar refractivity (Wildman–Crippen MR) is 77.5 cm³/mol. The van der Waals surface area contributed by atoms with Crippen molar-refractivity contribution in [2.24, 2.45) is 5.41 Å². The highest BCUT2D eigenvalue weighted by Crippen LogP contribution is 2.28. The van der Waals surface area contributed by atoms with E-state index in [0.29, 0.717) is 22.7 Å². The maximum atomic E-state index is 13.4. The van der Waals surface area contributed by atoms with E-state index in [2.05, 4.69) is 25.8 Å². The molecule has 1 heterocycles. The molecule has 1 aromatic heterocycles. The quantitative estimate of drug-likeness (QED) is 0.879. The maximum absolute atomic E-state index is 13.4. The fourth-order valence-electron chi connectivity index (χ4n) is 1.94. The highest BCUT2D eigenvalue weighted by Gasteiger charge is 2.19. The Balaban J connectivity index is 2.48. The molecule has 0 spiro atoms. The minimum Gasteiger partial charge on any atom is -0.481 e. The monoisotopic (exact) mass is 296 g/mol. The molecule has 1 N–H and O–H groups in total. The van der Waals surface area contributed by atoms with Gasteiger partial charge in [-0.05, 0) is 23.6 Å². The minimum atomic E-state index is -0.893. The first-order chi connectivity index (χ1) is 9.26. The van der Waals surface area contributed by atoms with Crippen LogP contribution in [0.25, 0.3) is 11.0 Å². The molecule has 0 saturated heterocycles. The van der Waals surface area contributed by atoms with Gasteiger partial charge in [-0.25, -0.2) is 9.37 Å². The van der Waals surface area contributed by atoms with Crippen molar-refractivity contribution < 1.29 is 14.3 Å². The number of carboxylic acids is 1. The summed E-state index contributed by atoms with van der Waals surface area (Å²) in [5, 5.41) is 9.41. The first-order valence-corrected chi connectivity index (χ1v) is 7.25. The summed E-state index contributed by atoms with van der Waals surface area (Å²) in [5.74, 6) is -1.27. The van der Waals surface area contributed by atoms with Crippen LogP contribution in [-0.2, 0) is 11.3 Å². The zero-order valence-corrected chi connectivity index (χ0v) is 12.5. The summed E-state index contributed by atoms with van der Waals surface area (Å²) in [6.07, 6.45) is 0. The van der Waals surface area contributed by atoms with E-state index in [1.807, 2.05) is 4.57 Å². The Morgan fingerprint density at radius 2 is 2.15 bits per heavy atom. The molecule has 0 radical (unpaired) electrons. The fourth-order valence-corrected chi connectivity index (χ4v) is 2.67. The molecule has 0 fully saturated rings. The smallest absolute Gasteiger partial charge is 0.313 e. The van der Waals surface area contributed by atoms with Crippen LogP contribution < -0.4 is 0 Å². The average Bonchev–Trinajstić information content (AvgIpc) is 2.63. The number of aromatic nitrogens is 2. The van der Waals surface area contributed by atoms with Gasteiger partial charge < -0.3 is 9.67 Å². The Kier molecular flexibility index (Phi) is 4.04. The topological polar surface area (TPSA) is 55.1 Å². The fraction of sp³-hybridized carbons (Fsp3) is 0.429. The highest BCUT2D eigenvalue weighted by molar-refractivity contribution is 7.99. The molecule has 4 nitrogen and oxygen atoms in total. The van der Waals surface area contributed by atoms with E-state index in [1.165, 1.54) is 12.1 Å². The molecule has 2 rings (SSSR count). The normalized spacial score (nSPS) is 12.0. The van der Waals surface area contributed by atoms with Gasteiger partial charge in [-0.2, -0.15) is 0 Å². The molecule has 0 amide bonds. The van der Waals surface area contributed by atoms with Crippen LogP contribution in [0.4, 0.5) is 4.39 Å². The molecule has 1 aromatic carbocycles. The lowest BCUT2D eigenvalue weighted by Gasteiger charge is -2.20. The zero-order valence-electron chi connectivity index (χ0n) is 11.7. The number of hydrogen-bond donors (Lipinski definition) is 1. The summed E-state index contributed by atoms with van der Waals surface area (Å²) >= 11 is 1.16. The number of benzene rings is 1. The van der Waals surface area contributed by atoms with Crippen molar-refractivity contribution >= 4 is 28.8 Å². The van der Waals surface area contributed by atoms with E-state index in [-0.39, 0.29) is 17.0 Å². The van der Waals surface area contributed by atoms with E-state index >= 15 is 0 Å². The standard InChI is InChI=1S/C14H17FN2O2S/c1-14(2,3)8-17-11-6-9(15)4-5-10(11)16-13(17)20-7-12(18)19/h4-6H,7-8H2,1-3H3,(H,18,19). The Hall–Kier alpha value is -1.56. The van der Waals surface area contributed by atoms with Crippen LogP contribution in [0.2, 0.25) is 0 Å². The van der Waals surface area contributed by atoms with Crippen LogP contribution in [0, 0.1) is 11.2 Å². The van der Waals surface area contributed by atoms with Gasteiger partial charge in [0.2, 0.25) is 0 Å². The molecular formula is C14H17FN2O2S. The third-order valence-corrected chi connectivity index (χ3v) is 3.59. The van der Waals surface area contributed by atoms with Crippen molar-refractivity contribution in [1.82, 2.24) is 9.55 Å². The minimum absolute atomic E-state index is 0.0154. The summed E-state index contributed by atoms with van der Waals surface area (Å²) in [6, 6.07) is 4.43. The summed E-state index contributed by atoms with van der Waals surface area (Å²) < 4.78 is 15.3. The van der Waals surface area contributed by atoms with Gasteiger partial charge in [0.1, 0.15) is 5.82 Å². The molecule has 0 bridgehead atoms. The van der Waals surface area contributed by atoms with Crippen LogP contribution in [0.15, 0.2) is 23.4 Å². The second-order valence-corrected chi connectivity index (χ2v) is 6.80. The van der Waals surface area contributed by atoms with E-state index in [4.69, 9.17) is 5.11 Å². The molecule has 0 aliphatic carbocycles. The zero-order chi connectivity index (χ0) is 14.9. The number of nitrogens with zero attached hydrogens (tertiary/aromatic N) is 2. The van der Waals surface area contributed by atoms with Gasteiger partial charge in [0, 0.05) is 6.54 Å². The van der Waals surface area contributed by atoms with Gasteiger partial charge in [-0.15, -0.1) is 0 Å². The van der Waals surface area contributed by atoms with E-state index in [0.717, 1.165) is 11.8 Å². The highest BCUT2D eigenvalue weighted by atomic mass is 32.2. The first-order valence-electron chi connectivity index (χ1n) is 6.27. The van der Waals surface area contributed by atoms with Gasteiger partial charge in [0.25, 0.3) is 0 Å². The van der Waals surface area contributed by atoms with Crippen LogP contribution in [0.3, 0.4) is 0 Å². The second-order valence-electron chi connectivity index (χ2n) is 5.86. The first kappa shape index (κ1) is 14.8. The molecule has 0 atom stereocenters. The van der Waals surface area contributed by atoms with Crippen molar-refractivity contribution in [2.75, 3.05) is 5.75 Å². The van der Waals surface area contributed by atoms with Crippen molar-refractivity contribution in [3.63, 3.8) is 0 Å². The van der Waals surface area contributed by atoms with Crippen LogP contribution in [0.1, 0.15) is 20.8 Å². The lowest BCUT2D eigenvalue weighted by Crippen LogP contribution is -2.16. The number of imidazole rings is 1. The lowest BCUT2D eigenvalue weighted by atomic mass is 9.97. The summed E-state index contributed by atoms with van der Waals surface area (Å²) in [6.45, 7) is 6.87. The van der Waals surface area contributed by atoms with Gasteiger partial charge in [0.05, 0.1) is 16.8 Å². The summed E-state index contributed by atoms with van der Waals surface area (Å²) in [5.41, 5.74) is 1.37. The summed E-state index contributed by atoms with van der Waals surface area (Å²) in [4.78, 5) is 15.1. The van der Waals surface area contributed by atoms with E-state index < -0.39 is 5.97 Å². The number of aliphatic carboxylic acids is 1. The number of carboxylic acid groups (broad SMARTS) is 1. The van der Waals surface area contributed by atoms with Crippen molar-refractivity contribution in [1.29, 1.82) is 0 Å². The van der Waals surface area contributed by atoms with E-state index in [9.17, 15) is 9.18 Å². The number of fused-ring (bicyclic) bond motifs is 1. The molecule has 20 heavy (non-hydrogen) atoms. The van der Waals surface area contributed by atoms with Crippen LogP contribution >= 0.6 is 11.8 Å². The Bertz CT molecular complexity index is 646. The molecule has 2 aromatic rings. The second kappa shape index (κ2) is 5.44. The molecule has 0 unspecified atom stereocenters. The number of halogens is 1. The summed E-state index contributed by atoms with van der Waals surface area (Å²) in [7, 11) is 0. The third-order valence-electron chi connectivity index (χ3n) is 2.63. The van der Waals surface area contributed by atoms with Crippen molar-refractivity contribution in [2.45, 2.75) is 32.5 Å². The third kappa shape index (κ3) is 3.50. The van der Waals surface area contributed by atoms with E-state index in [1.54, 1.807) is 6.07 Å². The van der Waals surface area contributed by atoms with Gasteiger partial charge in [-0.1, -0.05) is 32.5 Å². The number of rotatable bonds is 4. The number of carbonyl (C=O) groups is 1. The molecular weight excluding hydrogens is 279 g/mol. The average molecular weight is 296 g/mol. The largest absolute Gasteiger partial charge is 0.481 e. The lowest BCUT2D eigenvalue weighted by molar-refractivity contribution is -0.133. The predicted octanol–water partition coefficient (Wildman–Crippen LogP) is 3.40. The molecule has 0 saturated carbocycles. The molecule has 108 valence electrons. The van der Waals surface area contributed by atoms with Crippen LogP contribution in [-0.4, -0.2) is 26.4 Å². The Morgan fingerprint density at radius 3 is 2.75 bits per heavy atom. The van der Waals surface area contributed by atoms with Crippen molar-refractivity contribution in [3.8, 4) is 0 Å². The number of hydrogen-bond acceptors (Lipinski definition) is 3. The van der Waals surface area contributed by atoms with Gasteiger partial charge in [-0.3, -0.25) is 4.79 Å². The Morgan fingerprint density at radius 1 is 1.45 bits per heavy atom. The number of thioether (sulfide) groups is 1. The van der Waals surface area contributed by atoms with Crippen LogP contribution in [0.5, 0.6) is 0 Å². The Labute approximate surface area is 121 Å². The van der Waals surface area contributed by atoms with Gasteiger partial charge in [0.15, 0.2) is 5.16 Å². The molecule has 0 aliphatic rings. The van der Waals surface area contributed by atoms with Gasteiger partial charge >= 0.3 is 5.97 Å². The molecule has 0 aliphatic heterocycles. The van der Waals surface area contributed by atoms with Crippen molar-refractivity contribution in [3.05, 3.63) is 24.0 Å².